The van der Waals surface area contributed by atoms with Gasteiger partial charge in [0.1, 0.15) is 11.9 Å². The molecule has 2 aromatic carbocycles. The van der Waals surface area contributed by atoms with E-state index in [1.165, 1.54) is 22.3 Å². The second-order valence-electron chi connectivity index (χ2n) is 5.16. The number of aryl methyl sites for hydroxylation is 1. The second kappa shape index (κ2) is 5.06. The van der Waals surface area contributed by atoms with Gasteiger partial charge in [0.25, 0.3) is 0 Å². The van der Waals surface area contributed by atoms with E-state index in [-0.39, 0.29) is 6.10 Å². The van der Waals surface area contributed by atoms with Crippen LogP contribution >= 0.6 is 0 Å². The molecule has 1 heterocycles. The molecule has 19 heavy (non-hydrogen) atoms. The van der Waals surface area contributed by atoms with Gasteiger partial charge in [-0.15, -0.1) is 0 Å². The first-order valence-corrected chi connectivity index (χ1v) is 6.78. The minimum absolute atomic E-state index is 0.256. The van der Waals surface area contributed by atoms with Gasteiger partial charge in [-0.25, -0.2) is 0 Å². The molecule has 0 bridgehead atoms. The number of fused-ring (bicyclic) bond motifs is 1. The van der Waals surface area contributed by atoms with E-state index in [4.69, 9.17) is 4.74 Å². The van der Waals surface area contributed by atoms with Gasteiger partial charge >= 0.3 is 0 Å². The molecule has 2 aromatic rings. The topological polar surface area (TPSA) is 21.3 Å². The summed E-state index contributed by atoms with van der Waals surface area (Å²) in [5.41, 5.74) is 5.03. The molecule has 98 valence electrons. The van der Waals surface area contributed by atoms with Crippen molar-refractivity contribution in [3.63, 3.8) is 0 Å². The molecule has 2 nitrogen and oxygen atoms in total. The summed E-state index contributed by atoms with van der Waals surface area (Å²) >= 11 is 0. The normalized spacial score (nSPS) is 17.1. The lowest BCUT2D eigenvalue weighted by molar-refractivity contribution is 0.232. The summed E-state index contributed by atoms with van der Waals surface area (Å²) in [6.07, 6.45) is 1.25. The first-order valence-electron chi connectivity index (χ1n) is 6.78. The minimum Gasteiger partial charge on any atom is -0.488 e. The zero-order valence-electron chi connectivity index (χ0n) is 11.4. The van der Waals surface area contributed by atoms with Crippen LogP contribution in [0.15, 0.2) is 42.5 Å². The van der Waals surface area contributed by atoms with Crippen LogP contribution in [0.2, 0.25) is 0 Å². The van der Waals surface area contributed by atoms with Gasteiger partial charge in [0, 0.05) is 18.5 Å². The Bertz CT molecular complexity index is 574. The molecule has 0 amide bonds. The molecular weight excluding hydrogens is 234 g/mol. The molecule has 0 radical (unpaired) electrons. The first kappa shape index (κ1) is 12.2. The molecule has 1 unspecified atom stereocenters. The van der Waals surface area contributed by atoms with E-state index < -0.39 is 0 Å². The Hall–Kier alpha value is -1.80. The Morgan fingerprint density at radius 1 is 1.16 bits per heavy atom. The van der Waals surface area contributed by atoms with E-state index in [2.05, 4.69) is 54.7 Å². The molecule has 0 aliphatic carbocycles. The quantitative estimate of drug-likeness (QED) is 0.907. The summed E-state index contributed by atoms with van der Waals surface area (Å²) in [4.78, 5) is 0. The summed E-state index contributed by atoms with van der Waals surface area (Å²) in [6.45, 7) is 3.00. The van der Waals surface area contributed by atoms with Crippen LogP contribution < -0.4 is 10.1 Å². The maximum absolute atomic E-state index is 6.10. The molecule has 0 saturated carbocycles. The second-order valence-corrected chi connectivity index (χ2v) is 5.16. The molecule has 0 fully saturated rings. The number of rotatable bonds is 3. The molecule has 3 rings (SSSR count). The van der Waals surface area contributed by atoms with E-state index in [0.717, 1.165) is 18.7 Å². The van der Waals surface area contributed by atoms with Crippen LogP contribution in [0.25, 0.3) is 11.1 Å². The molecular formula is C17H19NO. The highest BCUT2D eigenvalue weighted by molar-refractivity contribution is 5.73. The minimum atomic E-state index is 0.256. The average molecular weight is 253 g/mol. The predicted octanol–water partition coefficient (Wildman–Crippen LogP) is 3.18. The van der Waals surface area contributed by atoms with Gasteiger partial charge in [-0.1, -0.05) is 48.0 Å². The molecule has 1 N–H and O–H groups in total. The maximum atomic E-state index is 6.10. The number of nitrogens with one attached hydrogen (secondary N) is 1. The third kappa shape index (κ3) is 2.36. The fraction of sp³-hybridized carbons (Fsp3) is 0.294. The van der Waals surface area contributed by atoms with Gasteiger partial charge in [-0.05, 0) is 25.1 Å². The summed E-state index contributed by atoms with van der Waals surface area (Å²) in [7, 11) is 1.97. The predicted molar refractivity (Wildman–Crippen MR) is 78.7 cm³/mol. The van der Waals surface area contributed by atoms with Crippen molar-refractivity contribution in [3.8, 4) is 16.9 Å². The zero-order valence-corrected chi connectivity index (χ0v) is 11.4. The fourth-order valence-electron chi connectivity index (χ4n) is 2.64. The highest BCUT2D eigenvalue weighted by Gasteiger charge is 2.24. The lowest BCUT2D eigenvalue weighted by Crippen LogP contribution is -2.27. The van der Waals surface area contributed by atoms with Crippen LogP contribution in [0.4, 0.5) is 0 Å². The van der Waals surface area contributed by atoms with E-state index >= 15 is 0 Å². The monoisotopic (exact) mass is 253 g/mol. The smallest absolute Gasteiger partial charge is 0.130 e. The molecule has 0 saturated heterocycles. The van der Waals surface area contributed by atoms with Gasteiger partial charge in [-0.2, -0.15) is 0 Å². The summed E-state index contributed by atoms with van der Waals surface area (Å²) in [5, 5.41) is 3.19. The highest BCUT2D eigenvalue weighted by atomic mass is 16.5. The lowest BCUT2D eigenvalue weighted by atomic mass is 10.00. The first-order chi connectivity index (χ1) is 9.28. The molecule has 2 heteroatoms. The van der Waals surface area contributed by atoms with Gasteiger partial charge in [0.05, 0.1) is 0 Å². The number of likely N-dealkylation sites (N-methyl/N-ethyl adjacent to an activating group) is 1. The van der Waals surface area contributed by atoms with Crippen LogP contribution in [0.3, 0.4) is 0 Å². The standard InChI is InChI=1S/C17H19NO/c1-12-6-8-13(9-7-12)16-5-3-4-14-10-15(11-18-2)19-17(14)16/h3-9,15,18H,10-11H2,1-2H3. The van der Waals surface area contributed by atoms with Crippen molar-refractivity contribution in [1.82, 2.24) is 5.32 Å². The zero-order chi connectivity index (χ0) is 13.2. The third-order valence-corrected chi connectivity index (χ3v) is 3.62. The number of hydrogen-bond donors (Lipinski definition) is 1. The van der Waals surface area contributed by atoms with Crippen molar-refractivity contribution in [2.75, 3.05) is 13.6 Å². The maximum Gasteiger partial charge on any atom is 0.130 e. The number of ether oxygens (including phenoxy) is 1. The van der Waals surface area contributed by atoms with Crippen molar-refractivity contribution in [2.24, 2.45) is 0 Å². The van der Waals surface area contributed by atoms with Gasteiger partial charge in [0.15, 0.2) is 0 Å². The van der Waals surface area contributed by atoms with E-state index in [0.29, 0.717) is 0 Å². The van der Waals surface area contributed by atoms with Crippen LogP contribution in [0, 0.1) is 6.92 Å². The van der Waals surface area contributed by atoms with Gasteiger partial charge < -0.3 is 10.1 Å². The van der Waals surface area contributed by atoms with Crippen molar-refractivity contribution in [2.45, 2.75) is 19.4 Å². The van der Waals surface area contributed by atoms with Crippen LogP contribution in [0.5, 0.6) is 5.75 Å². The largest absolute Gasteiger partial charge is 0.488 e. The highest BCUT2D eigenvalue weighted by Crippen LogP contribution is 2.38. The Morgan fingerprint density at radius 2 is 1.95 bits per heavy atom. The SMILES string of the molecule is CNCC1Cc2cccc(-c3ccc(C)cc3)c2O1. The fourth-order valence-corrected chi connectivity index (χ4v) is 2.64. The molecule has 1 atom stereocenters. The summed E-state index contributed by atoms with van der Waals surface area (Å²) < 4.78 is 6.10. The number of hydrogen-bond acceptors (Lipinski definition) is 2. The summed E-state index contributed by atoms with van der Waals surface area (Å²) in [5.74, 6) is 1.06. The summed E-state index contributed by atoms with van der Waals surface area (Å²) in [6, 6.07) is 15.1. The van der Waals surface area contributed by atoms with E-state index in [1.807, 2.05) is 7.05 Å². The Labute approximate surface area is 114 Å². The Kier molecular flexibility index (Phi) is 3.26. The van der Waals surface area contributed by atoms with E-state index in [9.17, 15) is 0 Å². The van der Waals surface area contributed by atoms with Crippen molar-refractivity contribution < 1.29 is 4.74 Å². The van der Waals surface area contributed by atoms with Crippen molar-refractivity contribution in [1.29, 1.82) is 0 Å². The molecule has 0 aromatic heterocycles. The van der Waals surface area contributed by atoms with Gasteiger partial charge in [-0.3, -0.25) is 0 Å². The lowest BCUT2D eigenvalue weighted by Gasteiger charge is -2.12. The molecule has 0 spiro atoms. The van der Waals surface area contributed by atoms with Crippen LogP contribution in [-0.2, 0) is 6.42 Å². The molecule has 1 aliphatic heterocycles. The van der Waals surface area contributed by atoms with Gasteiger partial charge in [0.2, 0.25) is 0 Å². The number of para-hydroxylation sites is 1. The van der Waals surface area contributed by atoms with Crippen LogP contribution in [0.1, 0.15) is 11.1 Å². The van der Waals surface area contributed by atoms with Crippen molar-refractivity contribution >= 4 is 0 Å². The third-order valence-electron chi connectivity index (χ3n) is 3.62. The Balaban J connectivity index is 1.97. The average Bonchev–Trinajstić information content (AvgIpc) is 2.82. The number of benzene rings is 2. The van der Waals surface area contributed by atoms with Crippen LogP contribution in [-0.4, -0.2) is 19.7 Å². The van der Waals surface area contributed by atoms with Crippen molar-refractivity contribution in [3.05, 3.63) is 53.6 Å². The Morgan fingerprint density at radius 3 is 2.68 bits per heavy atom. The van der Waals surface area contributed by atoms with E-state index in [1.54, 1.807) is 0 Å². The molecule has 1 aliphatic rings.